The molecule has 1 aliphatic heterocycles. The van der Waals surface area contributed by atoms with E-state index in [1.54, 1.807) is 14.2 Å². The zero-order valence-electron chi connectivity index (χ0n) is 17.5. The van der Waals surface area contributed by atoms with Gasteiger partial charge in [0, 0.05) is 12.2 Å². The lowest BCUT2D eigenvalue weighted by molar-refractivity contribution is -0.671. The first-order valence-corrected chi connectivity index (χ1v) is 10.0. The smallest absolute Gasteiger partial charge is 0.161 e. The van der Waals surface area contributed by atoms with Gasteiger partial charge in [0.15, 0.2) is 11.5 Å². The topological polar surface area (TPSA) is 44.3 Å². The van der Waals surface area contributed by atoms with Gasteiger partial charge in [-0.15, -0.1) is 0 Å². The normalized spacial score (nSPS) is 20.8. The second-order valence-corrected chi connectivity index (χ2v) is 8.53. The molecule has 0 aromatic heterocycles. The molecule has 0 bridgehead atoms. The Kier molecular flexibility index (Phi) is 7.78. The summed E-state index contributed by atoms with van der Waals surface area (Å²) < 4.78 is 16.6. The minimum Gasteiger partial charge on any atom is -0.493 e. The van der Waals surface area contributed by atoms with Gasteiger partial charge in [-0.25, -0.2) is 0 Å². The molecule has 26 heavy (non-hydrogen) atoms. The lowest BCUT2D eigenvalue weighted by atomic mass is 9.73. The summed E-state index contributed by atoms with van der Waals surface area (Å²) >= 11 is 0. The van der Waals surface area contributed by atoms with Crippen molar-refractivity contribution in [3.8, 4) is 11.5 Å². The molecule has 4 heteroatoms. The fourth-order valence-corrected chi connectivity index (χ4v) is 4.34. The van der Waals surface area contributed by atoms with Crippen LogP contribution in [0.5, 0.6) is 11.5 Å². The quantitative estimate of drug-likeness (QED) is 0.681. The van der Waals surface area contributed by atoms with Gasteiger partial charge in [-0.2, -0.15) is 0 Å². The van der Waals surface area contributed by atoms with Crippen molar-refractivity contribution in [2.24, 2.45) is 17.8 Å². The van der Waals surface area contributed by atoms with Gasteiger partial charge in [-0.3, -0.25) is 0 Å². The summed E-state index contributed by atoms with van der Waals surface area (Å²) in [5.41, 5.74) is 1.32. The molecule has 1 aliphatic rings. The Hall–Kier alpha value is -1.26. The minimum atomic E-state index is 0.0411. The molecule has 1 aromatic rings. The molecule has 1 aromatic carbocycles. The maximum atomic E-state index is 5.92. The summed E-state index contributed by atoms with van der Waals surface area (Å²) in [5.74, 6) is 3.89. The lowest BCUT2D eigenvalue weighted by Crippen LogP contribution is -2.82. The Bertz CT molecular complexity index is 556. The fourth-order valence-electron chi connectivity index (χ4n) is 4.34. The van der Waals surface area contributed by atoms with Gasteiger partial charge in [-0.05, 0) is 69.1 Å². The van der Waals surface area contributed by atoms with Crippen LogP contribution in [0.25, 0.3) is 0 Å². The number of ether oxygens (including phenoxy) is 3. The van der Waals surface area contributed by atoms with Crippen molar-refractivity contribution in [2.45, 2.75) is 59.1 Å². The number of hydrogen-bond acceptors (Lipinski definition) is 3. The van der Waals surface area contributed by atoms with Crippen LogP contribution in [-0.4, -0.2) is 33.0 Å². The van der Waals surface area contributed by atoms with Crippen LogP contribution in [0.2, 0.25) is 0 Å². The maximum Gasteiger partial charge on any atom is 0.161 e. The van der Waals surface area contributed by atoms with Gasteiger partial charge in [0.1, 0.15) is 6.54 Å². The van der Waals surface area contributed by atoms with Crippen LogP contribution < -0.4 is 14.8 Å². The molecule has 2 N–H and O–H groups in total. The molecule has 0 unspecified atom stereocenters. The molecule has 1 saturated heterocycles. The highest BCUT2D eigenvalue weighted by Crippen LogP contribution is 2.37. The second-order valence-electron chi connectivity index (χ2n) is 8.53. The summed E-state index contributed by atoms with van der Waals surface area (Å²) in [6.45, 7) is 12.3. The van der Waals surface area contributed by atoms with Gasteiger partial charge in [0.25, 0.3) is 0 Å². The first kappa shape index (κ1) is 21.0. The Morgan fingerprint density at radius 1 is 1.19 bits per heavy atom. The van der Waals surface area contributed by atoms with E-state index in [2.05, 4.69) is 45.1 Å². The van der Waals surface area contributed by atoms with Crippen LogP contribution in [0.3, 0.4) is 0 Å². The average molecular weight is 365 g/mol. The van der Waals surface area contributed by atoms with E-state index >= 15 is 0 Å². The third-order valence-corrected chi connectivity index (χ3v) is 5.73. The van der Waals surface area contributed by atoms with E-state index in [9.17, 15) is 0 Å². The molecular formula is C22H38NO3+. The van der Waals surface area contributed by atoms with Gasteiger partial charge < -0.3 is 19.5 Å². The van der Waals surface area contributed by atoms with Crippen LogP contribution in [0.15, 0.2) is 18.2 Å². The van der Waals surface area contributed by atoms with Crippen LogP contribution >= 0.6 is 0 Å². The van der Waals surface area contributed by atoms with Crippen LogP contribution in [0.1, 0.15) is 52.5 Å². The van der Waals surface area contributed by atoms with Gasteiger partial charge >= 0.3 is 0 Å². The number of hydrogen-bond donors (Lipinski definition) is 1. The number of nitrogens with two attached hydrogens (primary N) is 1. The van der Waals surface area contributed by atoms with Gasteiger partial charge in [0.05, 0.1) is 26.4 Å². The zero-order chi connectivity index (χ0) is 19.2. The van der Waals surface area contributed by atoms with Crippen LogP contribution in [-0.2, 0) is 11.3 Å². The fraction of sp³-hybridized carbons (Fsp3) is 0.727. The molecule has 148 valence electrons. The molecule has 2 atom stereocenters. The number of benzene rings is 1. The minimum absolute atomic E-state index is 0.0411. The van der Waals surface area contributed by atoms with Gasteiger partial charge in [-0.1, -0.05) is 13.8 Å². The maximum absolute atomic E-state index is 5.92. The second kappa shape index (κ2) is 9.61. The van der Waals surface area contributed by atoms with E-state index in [0.29, 0.717) is 0 Å². The predicted octanol–water partition coefficient (Wildman–Crippen LogP) is 3.63. The van der Waals surface area contributed by atoms with Crippen molar-refractivity contribution >= 4 is 0 Å². The van der Waals surface area contributed by atoms with Crippen molar-refractivity contribution in [1.29, 1.82) is 0 Å². The molecular weight excluding hydrogens is 326 g/mol. The van der Waals surface area contributed by atoms with Gasteiger partial charge in [0.2, 0.25) is 0 Å². The first-order chi connectivity index (χ1) is 12.4. The third-order valence-electron chi connectivity index (χ3n) is 5.73. The molecule has 0 aliphatic carbocycles. The standard InChI is InChI=1S/C22H37NO3/c1-16(2)19(18-10-12-26-22(3,4)14-18)9-11-23-15-17-7-8-20(24-5)21(13-17)25-6/h7-8,13,16,18-19,23H,9-12,14-15H2,1-6H3/p+1/t18-,19-/m1/s1. The molecule has 0 amide bonds. The number of methoxy groups -OCH3 is 2. The van der Waals surface area contributed by atoms with Crippen molar-refractivity contribution in [1.82, 2.24) is 0 Å². The summed E-state index contributed by atoms with van der Waals surface area (Å²) in [4.78, 5) is 0. The molecule has 4 nitrogen and oxygen atoms in total. The molecule has 2 rings (SSSR count). The summed E-state index contributed by atoms with van der Waals surface area (Å²) in [7, 11) is 3.36. The Morgan fingerprint density at radius 3 is 2.54 bits per heavy atom. The number of rotatable bonds is 9. The van der Waals surface area contributed by atoms with Crippen molar-refractivity contribution in [2.75, 3.05) is 27.4 Å². The SMILES string of the molecule is COc1ccc(C[NH2+]CC[C@H](C(C)C)[C@@H]2CCOC(C)(C)C2)cc1OC. The predicted molar refractivity (Wildman–Crippen MR) is 106 cm³/mol. The van der Waals surface area contributed by atoms with E-state index in [-0.39, 0.29) is 5.60 Å². The largest absolute Gasteiger partial charge is 0.493 e. The molecule has 0 saturated carbocycles. The Labute approximate surface area is 159 Å². The Morgan fingerprint density at radius 2 is 1.92 bits per heavy atom. The summed E-state index contributed by atoms with van der Waals surface area (Å²) in [6.07, 6.45) is 3.67. The molecule has 0 spiro atoms. The van der Waals surface area contributed by atoms with E-state index in [1.165, 1.54) is 24.8 Å². The molecule has 0 radical (unpaired) electrons. The van der Waals surface area contributed by atoms with E-state index < -0.39 is 0 Å². The Balaban J connectivity index is 1.85. The van der Waals surface area contributed by atoms with Crippen molar-refractivity contribution in [3.05, 3.63) is 23.8 Å². The van der Waals surface area contributed by atoms with Crippen molar-refractivity contribution in [3.63, 3.8) is 0 Å². The van der Waals surface area contributed by atoms with Crippen molar-refractivity contribution < 1.29 is 19.5 Å². The number of quaternary nitrogens is 1. The average Bonchev–Trinajstić information content (AvgIpc) is 2.60. The summed E-state index contributed by atoms with van der Waals surface area (Å²) in [6, 6.07) is 6.19. The monoisotopic (exact) mass is 364 g/mol. The third kappa shape index (κ3) is 5.88. The lowest BCUT2D eigenvalue weighted by Gasteiger charge is -2.40. The van der Waals surface area contributed by atoms with E-state index in [1.807, 2.05) is 6.07 Å². The van der Waals surface area contributed by atoms with Crippen LogP contribution in [0, 0.1) is 17.8 Å². The van der Waals surface area contributed by atoms with Crippen LogP contribution in [0.4, 0.5) is 0 Å². The van der Waals surface area contributed by atoms with E-state index in [0.717, 1.165) is 48.9 Å². The highest BCUT2D eigenvalue weighted by Gasteiger charge is 2.34. The highest BCUT2D eigenvalue weighted by atomic mass is 16.5. The van der Waals surface area contributed by atoms with E-state index in [4.69, 9.17) is 14.2 Å². The highest BCUT2D eigenvalue weighted by molar-refractivity contribution is 5.42. The molecule has 1 heterocycles. The zero-order valence-corrected chi connectivity index (χ0v) is 17.5. The molecule has 1 fully saturated rings. The first-order valence-electron chi connectivity index (χ1n) is 10.0. The summed E-state index contributed by atoms with van der Waals surface area (Å²) in [5, 5.41) is 2.42.